The maximum absolute atomic E-state index is 11.9. The molecule has 0 aromatic heterocycles. The molecule has 0 radical (unpaired) electrons. The third kappa shape index (κ3) is 7.18. The number of carbonyl (C=O) groups is 2. The minimum atomic E-state index is -2.11. The van der Waals surface area contributed by atoms with Gasteiger partial charge in [-0.1, -0.05) is 41.5 Å². The Balaban J connectivity index is 4.32. The molecule has 5 nitrogen and oxygen atoms in total. The van der Waals surface area contributed by atoms with Crippen molar-refractivity contribution in [2.24, 2.45) is 0 Å². The third-order valence-electron chi connectivity index (χ3n) is 4.89. The summed E-state index contributed by atoms with van der Waals surface area (Å²) in [4.78, 5) is 23.9. The van der Waals surface area contributed by atoms with Gasteiger partial charge in [0.2, 0.25) is 0 Å². The van der Waals surface area contributed by atoms with Crippen LogP contribution in [-0.2, 0) is 18.4 Å². The molecule has 0 aliphatic heterocycles. The summed E-state index contributed by atoms with van der Waals surface area (Å²) in [5.41, 5.74) is 0. The van der Waals surface area contributed by atoms with Gasteiger partial charge in [0.25, 0.3) is 16.6 Å². The predicted molar refractivity (Wildman–Crippen MR) is 99.4 cm³/mol. The molecule has 1 N–H and O–H groups in total. The van der Waals surface area contributed by atoms with E-state index in [0.717, 1.165) is 0 Å². The molecule has 0 saturated carbocycles. The van der Waals surface area contributed by atoms with Crippen LogP contribution in [0.3, 0.4) is 0 Å². The lowest BCUT2D eigenvalue weighted by molar-refractivity contribution is -0.135. The average Bonchev–Trinajstić information content (AvgIpc) is 2.23. The van der Waals surface area contributed by atoms with Crippen molar-refractivity contribution in [2.45, 2.75) is 77.8 Å². The zero-order chi connectivity index (χ0) is 18.7. The van der Waals surface area contributed by atoms with Crippen LogP contribution >= 0.6 is 0 Å². The zero-order valence-corrected chi connectivity index (χ0v) is 18.5. The van der Waals surface area contributed by atoms with E-state index in [2.05, 4.69) is 46.9 Å². The number of carbonyl (C=O) groups excluding carboxylic acids is 2. The van der Waals surface area contributed by atoms with Gasteiger partial charge in [0, 0.05) is 0 Å². The Labute approximate surface area is 143 Å². The molecule has 0 fully saturated rings. The van der Waals surface area contributed by atoms with E-state index in [1.54, 1.807) is 0 Å². The summed E-state index contributed by atoms with van der Waals surface area (Å²) in [7, 11) is -4.21. The summed E-state index contributed by atoms with van der Waals surface area (Å²) in [5, 5.41) is 2.78. The second kappa shape index (κ2) is 7.48. The molecule has 0 heterocycles. The van der Waals surface area contributed by atoms with E-state index in [9.17, 15) is 9.59 Å². The van der Waals surface area contributed by atoms with Gasteiger partial charge < -0.3 is 8.85 Å². The van der Waals surface area contributed by atoms with Gasteiger partial charge in [-0.25, -0.2) is 0 Å². The molecule has 0 saturated heterocycles. The SMILES string of the molecule is CC(C)(C)[Si](C)(C)OC(=O)CNCC(=O)O[Si](C)(C)C(C)(C)C. The Hall–Kier alpha value is -0.666. The van der Waals surface area contributed by atoms with Gasteiger partial charge in [0.1, 0.15) is 0 Å². The molecule has 0 atom stereocenters. The summed E-state index contributed by atoms with van der Waals surface area (Å²) in [6.45, 7) is 20.6. The number of nitrogens with one attached hydrogen (secondary N) is 1. The molecule has 23 heavy (non-hydrogen) atoms. The van der Waals surface area contributed by atoms with Crippen LogP contribution < -0.4 is 5.32 Å². The second-order valence-electron chi connectivity index (χ2n) is 9.07. The van der Waals surface area contributed by atoms with Crippen molar-refractivity contribution in [3.8, 4) is 0 Å². The summed E-state index contributed by atoms with van der Waals surface area (Å²) in [6, 6.07) is 0. The van der Waals surface area contributed by atoms with E-state index in [4.69, 9.17) is 8.85 Å². The molecule has 0 aliphatic rings. The van der Waals surface area contributed by atoms with Crippen molar-refractivity contribution in [2.75, 3.05) is 13.1 Å². The number of hydrogen-bond donors (Lipinski definition) is 1. The fourth-order valence-electron chi connectivity index (χ4n) is 1.21. The highest BCUT2D eigenvalue weighted by molar-refractivity contribution is 6.75. The fraction of sp³-hybridized carbons (Fsp3) is 0.875. The Bertz CT molecular complexity index is 394. The van der Waals surface area contributed by atoms with Crippen molar-refractivity contribution >= 4 is 28.6 Å². The van der Waals surface area contributed by atoms with Gasteiger partial charge in [0.15, 0.2) is 0 Å². The van der Waals surface area contributed by atoms with Crippen molar-refractivity contribution in [1.29, 1.82) is 0 Å². The molecular formula is C16H35NO4Si2. The highest BCUT2D eigenvalue weighted by Crippen LogP contribution is 2.37. The normalized spacial score (nSPS) is 13.7. The van der Waals surface area contributed by atoms with E-state index in [1.165, 1.54) is 0 Å². The monoisotopic (exact) mass is 361 g/mol. The van der Waals surface area contributed by atoms with Crippen LogP contribution in [0, 0.1) is 0 Å². The average molecular weight is 362 g/mol. The molecule has 0 aromatic carbocycles. The molecule has 0 spiro atoms. The number of rotatable bonds is 6. The molecule has 0 bridgehead atoms. The third-order valence-corrected chi connectivity index (χ3v) is 13.6. The van der Waals surface area contributed by atoms with E-state index >= 15 is 0 Å². The van der Waals surface area contributed by atoms with Gasteiger partial charge in [-0.3, -0.25) is 14.9 Å². The van der Waals surface area contributed by atoms with Crippen molar-refractivity contribution in [3.63, 3.8) is 0 Å². The maximum atomic E-state index is 11.9. The standard InChI is InChI=1S/C16H35NO4Si2/c1-15(2,3)22(7,8)20-13(18)11-17-12-14(19)21-23(9,10)16(4,5)6/h17H,11-12H2,1-10H3. The van der Waals surface area contributed by atoms with E-state index < -0.39 is 16.6 Å². The van der Waals surface area contributed by atoms with Crippen LogP contribution in [0.1, 0.15) is 41.5 Å². The van der Waals surface area contributed by atoms with Crippen LogP contribution in [-0.4, -0.2) is 41.7 Å². The van der Waals surface area contributed by atoms with Crippen LogP contribution in [0.2, 0.25) is 36.3 Å². The van der Waals surface area contributed by atoms with Crippen LogP contribution in [0.5, 0.6) is 0 Å². The van der Waals surface area contributed by atoms with E-state index in [1.807, 2.05) is 26.2 Å². The Morgan fingerprint density at radius 2 is 1.00 bits per heavy atom. The van der Waals surface area contributed by atoms with Gasteiger partial charge in [-0.15, -0.1) is 0 Å². The van der Waals surface area contributed by atoms with Crippen molar-refractivity contribution in [3.05, 3.63) is 0 Å². The molecule has 136 valence electrons. The van der Waals surface area contributed by atoms with E-state index in [-0.39, 0.29) is 35.1 Å². The Morgan fingerprint density at radius 3 is 1.22 bits per heavy atom. The molecule has 0 aromatic rings. The first-order valence-corrected chi connectivity index (χ1v) is 14.0. The zero-order valence-electron chi connectivity index (χ0n) is 16.5. The molecule has 0 amide bonds. The minimum Gasteiger partial charge on any atom is -0.518 e. The Morgan fingerprint density at radius 1 is 0.739 bits per heavy atom. The van der Waals surface area contributed by atoms with Crippen LogP contribution in [0.15, 0.2) is 0 Å². The Kier molecular flexibility index (Phi) is 7.27. The van der Waals surface area contributed by atoms with Crippen molar-refractivity contribution in [1.82, 2.24) is 5.32 Å². The summed E-state index contributed by atoms with van der Waals surface area (Å²) < 4.78 is 11.3. The lowest BCUT2D eigenvalue weighted by atomic mass is 10.2. The highest BCUT2D eigenvalue weighted by Gasteiger charge is 2.41. The minimum absolute atomic E-state index is 0.0239. The molecule has 0 unspecified atom stereocenters. The first kappa shape index (κ1) is 22.3. The largest absolute Gasteiger partial charge is 0.518 e. The van der Waals surface area contributed by atoms with Crippen LogP contribution in [0.4, 0.5) is 0 Å². The van der Waals surface area contributed by atoms with Gasteiger partial charge in [-0.2, -0.15) is 0 Å². The first-order valence-electron chi connectivity index (χ1n) is 8.14. The van der Waals surface area contributed by atoms with Gasteiger partial charge in [0.05, 0.1) is 13.1 Å². The lowest BCUT2D eigenvalue weighted by Gasteiger charge is -2.36. The lowest BCUT2D eigenvalue weighted by Crippen LogP contribution is -2.46. The van der Waals surface area contributed by atoms with Gasteiger partial charge in [-0.05, 0) is 36.3 Å². The number of hydrogen-bond acceptors (Lipinski definition) is 5. The van der Waals surface area contributed by atoms with Crippen molar-refractivity contribution < 1.29 is 18.4 Å². The summed E-state index contributed by atoms with van der Waals surface area (Å²) >= 11 is 0. The predicted octanol–water partition coefficient (Wildman–Crippen LogP) is 3.67. The fourth-order valence-corrected chi connectivity index (χ4v) is 3.11. The van der Waals surface area contributed by atoms with E-state index in [0.29, 0.717) is 0 Å². The molecule has 0 aliphatic carbocycles. The molecular weight excluding hydrogens is 326 g/mol. The first-order chi connectivity index (χ1) is 9.99. The smallest absolute Gasteiger partial charge is 0.306 e. The molecule has 7 heteroatoms. The second-order valence-corrected chi connectivity index (χ2v) is 18.5. The quantitative estimate of drug-likeness (QED) is 0.731. The maximum Gasteiger partial charge on any atom is 0.306 e. The van der Waals surface area contributed by atoms with Crippen LogP contribution in [0.25, 0.3) is 0 Å². The van der Waals surface area contributed by atoms with Gasteiger partial charge >= 0.3 is 11.9 Å². The topological polar surface area (TPSA) is 64.6 Å². The summed E-state index contributed by atoms with van der Waals surface area (Å²) in [5.74, 6) is -0.617. The highest BCUT2D eigenvalue weighted by atomic mass is 28.4. The summed E-state index contributed by atoms with van der Waals surface area (Å²) in [6.07, 6.45) is 0. The molecule has 0 rings (SSSR count).